The van der Waals surface area contributed by atoms with Crippen LogP contribution < -0.4 is 0 Å². The smallest absolute Gasteiger partial charge is 0.140 e. The summed E-state index contributed by atoms with van der Waals surface area (Å²) in [5, 5.41) is 11.2. The van der Waals surface area contributed by atoms with E-state index < -0.39 is 5.60 Å². The predicted octanol–water partition coefficient (Wildman–Crippen LogP) is 2.86. The molecule has 0 aliphatic heterocycles. The zero-order valence-corrected chi connectivity index (χ0v) is 11.8. The molecule has 0 bridgehead atoms. The molecule has 0 saturated heterocycles. The lowest BCUT2D eigenvalue weighted by molar-refractivity contribution is 0.0784. The third-order valence-electron chi connectivity index (χ3n) is 3.49. The third-order valence-corrected chi connectivity index (χ3v) is 3.49. The largest absolute Gasteiger partial charge is 0.386 e. The van der Waals surface area contributed by atoms with Gasteiger partial charge < -0.3 is 9.67 Å². The van der Waals surface area contributed by atoms with E-state index in [9.17, 15) is 5.11 Å². The van der Waals surface area contributed by atoms with Gasteiger partial charge in [0, 0.05) is 53.9 Å². The minimum atomic E-state index is -0.900. The summed E-state index contributed by atoms with van der Waals surface area (Å²) in [4.78, 5) is 8.65. The summed E-state index contributed by atoms with van der Waals surface area (Å²) >= 11 is 0. The van der Waals surface area contributed by atoms with Crippen molar-refractivity contribution in [3.63, 3.8) is 0 Å². The van der Waals surface area contributed by atoms with E-state index in [1.54, 1.807) is 26.2 Å². The number of fused-ring (bicyclic) bond motifs is 1. The van der Waals surface area contributed by atoms with Crippen molar-refractivity contribution < 1.29 is 5.11 Å². The second-order valence-electron chi connectivity index (χ2n) is 5.55. The fourth-order valence-electron chi connectivity index (χ4n) is 2.35. The number of hydrogen-bond donors (Lipinski definition) is 1. The Morgan fingerprint density at radius 1 is 1.25 bits per heavy atom. The molecular formula is C16H17N3O. The van der Waals surface area contributed by atoms with Crippen LogP contribution in [-0.2, 0) is 12.6 Å². The number of nitrogens with zero attached hydrogens (tertiary/aromatic N) is 3. The molecular weight excluding hydrogens is 250 g/mol. The van der Waals surface area contributed by atoms with E-state index in [1.165, 1.54) is 0 Å². The summed E-state index contributed by atoms with van der Waals surface area (Å²) in [6.45, 7) is 3.53. The van der Waals surface area contributed by atoms with Gasteiger partial charge in [-0.05, 0) is 26.0 Å². The van der Waals surface area contributed by atoms with Crippen LogP contribution in [0.4, 0.5) is 0 Å². The van der Waals surface area contributed by atoms with Crippen molar-refractivity contribution >= 4 is 11.0 Å². The van der Waals surface area contributed by atoms with Crippen LogP contribution in [-0.4, -0.2) is 19.6 Å². The Hall–Kier alpha value is -2.20. The first-order valence-corrected chi connectivity index (χ1v) is 6.55. The fourth-order valence-corrected chi connectivity index (χ4v) is 2.35. The van der Waals surface area contributed by atoms with E-state index in [4.69, 9.17) is 0 Å². The van der Waals surface area contributed by atoms with Crippen molar-refractivity contribution in [2.24, 2.45) is 7.05 Å². The van der Waals surface area contributed by atoms with Crippen LogP contribution in [0.5, 0.6) is 0 Å². The quantitative estimate of drug-likeness (QED) is 0.776. The Bertz CT molecular complexity index is 754. The van der Waals surface area contributed by atoms with Gasteiger partial charge in [0.1, 0.15) is 5.65 Å². The summed E-state index contributed by atoms with van der Waals surface area (Å²) in [6, 6.07) is 5.95. The predicted molar refractivity (Wildman–Crippen MR) is 79.2 cm³/mol. The van der Waals surface area contributed by atoms with Crippen LogP contribution in [0.15, 0.2) is 43.0 Å². The van der Waals surface area contributed by atoms with Crippen molar-refractivity contribution in [3.05, 3.63) is 48.5 Å². The van der Waals surface area contributed by atoms with Gasteiger partial charge >= 0.3 is 0 Å². The maximum absolute atomic E-state index is 10.2. The molecule has 0 aliphatic carbocycles. The van der Waals surface area contributed by atoms with Crippen LogP contribution >= 0.6 is 0 Å². The standard InChI is InChI=1S/C16H17N3O/c1-16(2,20)12-7-13-14(11-5-4-6-17-8-11)10-19(3)15(13)18-9-12/h4-10,20H,1-3H3. The van der Waals surface area contributed by atoms with E-state index in [0.29, 0.717) is 0 Å². The lowest BCUT2D eigenvalue weighted by atomic mass is 9.98. The molecule has 4 heteroatoms. The molecule has 3 aromatic heterocycles. The molecule has 102 valence electrons. The first kappa shape index (κ1) is 12.8. The molecule has 0 radical (unpaired) electrons. The number of pyridine rings is 2. The molecule has 0 aliphatic rings. The molecule has 3 heterocycles. The number of aryl methyl sites for hydroxylation is 1. The maximum atomic E-state index is 10.2. The van der Waals surface area contributed by atoms with E-state index in [0.717, 1.165) is 27.7 Å². The molecule has 0 spiro atoms. The Balaban J connectivity index is 2.28. The lowest BCUT2D eigenvalue weighted by Crippen LogP contribution is -2.15. The number of aromatic nitrogens is 3. The molecule has 0 aromatic carbocycles. The van der Waals surface area contributed by atoms with Crippen LogP contribution in [0.2, 0.25) is 0 Å². The molecule has 3 aromatic rings. The first-order chi connectivity index (χ1) is 9.47. The Kier molecular flexibility index (Phi) is 2.83. The van der Waals surface area contributed by atoms with Crippen LogP contribution in [0.3, 0.4) is 0 Å². The highest BCUT2D eigenvalue weighted by atomic mass is 16.3. The number of rotatable bonds is 2. The Morgan fingerprint density at radius 2 is 2.05 bits per heavy atom. The van der Waals surface area contributed by atoms with Gasteiger partial charge in [0.2, 0.25) is 0 Å². The normalized spacial score (nSPS) is 12.0. The van der Waals surface area contributed by atoms with Gasteiger partial charge in [-0.3, -0.25) is 4.98 Å². The molecule has 0 atom stereocenters. The highest BCUT2D eigenvalue weighted by Crippen LogP contribution is 2.31. The summed E-state index contributed by atoms with van der Waals surface area (Å²) in [5.41, 5.74) is 2.93. The van der Waals surface area contributed by atoms with Crippen molar-refractivity contribution in [3.8, 4) is 11.1 Å². The Morgan fingerprint density at radius 3 is 2.70 bits per heavy atom. The van der Waals surface area contributed by atoms with Crippen LogP contribution in [0.25, 0.3) is 22.2 Å². The lowest BCUT2D eigenvalue weighted by Gasteiger charge is -2.17. The number of hydrogen-bond acceptors (Lipinski definition) is 3. The molecule has 0 amide bonds. The first-order valence-electron chi connectivity index (χ1n) is 6.55. The monoisotopic (exact) mass is 267 g/mol. The van der Waals surface area contributed by atoms with Gasteiger partial charge in [-0.1, -0.05) is 6.07 Å². The topological polar surface area (TPSA) is 50.9 Å². The maximum Gasteiger partial charge on any atom is 0.140 e. The SMILES string of the molecule is Cn1cc(-c2cccnc2)c2cc(C(C)(C)O)cnc21. The van der Waals surface area contributed by atoms with Gasteiger partial charge in [-0.15, -0.1) is 0 Å². The minimum Gasteiger partial charge on any atom is -0.386 e. The minimum absolute atomic E-state index is 0.807. The zero-order chi connectivity index (χ0) is 14.3. The van der Waals surface area contributed by atoms with Crippen molar-refractivity contribution in [2.45, 2.75) is 19.4 Å². The molecule has 1 N–H and O–H groups in total. The average Bonchev–Trinajstić information content (AvgIpc) is 2.76. The molecule has 4 nitrogen and oxygen atoms in total. The highest BCUT2D eigenvalue weighted by molar-refractivity contribution is 5.94. The highest BCUT2D eigenvalue weighted by Gasteiger charge is 2.19. The third kappa shape index (κ3) is 2.08. The van der Waals surface area contributed by atoms with Crippen LogP contribution in [0, 0.1) is 0 Å². The molecule has 20 heavy (non-hydrogen) atoms. The van der Waals surface area contributed by atoms with Gasteiger partial charge in [-0.2, -0.15) is 0 Å². The van der Waals surface area contributed by atoms with Crippen molar-refractivity contribution in [1.29, 1.82) is 0 Å². The van der Waals surface area contributed by atoms with Gasteiger partial charge in [0.25, 0.3) is 0 Å². The zero-order valence-electron chi connectivity index (χ0n) is 11.8. The molecule has 0 saturated carbocycles. The number of aliphatic hydroxyl groups is 1. The fraction of sp³-hybridized carbons (Fsp3) is 0.250. The summed E-state index contributed by atoms with van der Waals surface area (Å²) in [5.74, 6) is 0. The molecule has 3 rings (SSSR count). The van der Waals surface area contributed by atoms with Gasteiger partial charge in [-0.25, -0.2) is 4.98 Å². The van der Waals surface area contributed by atoms with Crippen LogP contribution in [0.1, 0.15) is 19.4 Å². The summed E-state index contributed by atoms with van der Waals surface area (Å²) in [7, 11) is 1.97. The summed E-state index contributed by atoms with van der Waals surface area (Å²) in [6.07, 6.45) is 7.37. The van der Waals surface area contributed by atoms with E-state index >= 15 is 0 Å². The van der Waals surface area contributed by atoms with Gasteiger partial charge in [0.05, 0.1) is 5.60 Å². The van der Waals surface area contributed by atoms with E-state index in [1.807, 2.05) is 42.2 Å². The van der Waals surface area contributed by atoms with E-state index in [2.05, 4.69) is 9.97 Å². The average molecular weight is 267 g/mol. The second-order valence-corrected chi connectivity index (χ2v) is 5.55. The second kappa shape index (κ2) is 4.42. The summed E-state index contributed by atoms with van der Waals surface area (Å²) < 4.78 is 1.99. The Labute approximate surface area is 117 Å². The van der Waals surface area contributed by atoms with Gasteiger partial charge in [0.15, 0.2) is 0 Å². The molecule has 0 unspecified atom stereocenters. The van der Waals surface area contributed by atoms with Crippen molar-refractivity contribution in [2.75, 3.05) is 0 Å². The van der Waals surface area contributed by atoms with Crippen molar-refractivity contribution in [1.82, 2.24) is 14.5 Å². The van der Waals surface area contributed by atoms with E-state index in [-0.39, 0.29) is 0 Å². The molecule has 0 fully saturated rings.